The highest BCUT2D eigenvalue weighted by Crippen LogP contribution is 2.28. The summed E-state index contributed by atoms with van der Waals surface area (Å²) in [5.74, 6) is -0.520. The van der Waals surface area contributed by atoms with E-state index in [0.717, 1.165) is 0 Å². The van der Waals surface area contributed by atoms with Gasteiger partial charge in [-0.05, 0) is 39.0 Å². The largest absolute Gasteiger partial charge is 0.493 e. The predicted octanol–water partition coefficient (Wildman–Crippen LogP) is 1.34. The molecular weight excluding hydrogens is 302 g/mol. The Morgan fingerprint density at radius 2 is 1.83 bits per heavy atom. The minimum atomic E-state index is -0.679. The minimum absolute atomic E-state index is 0.0264. The van der Waals surface area contributed by atoms with E-state index in [4.69, 9.17) is 14.2 Å². The molecule has 23 heavy (non-hydrogen) atoms. The second-order valence-electron chi connectivity index (χ2n) is 5.09. The lowest BCUT2D eigenvalue weighted by Gasteiger charge is -2.12. The zero-order valence-electron chi connectivity index (χ0n) is 13.7. The number of hydrogen-bond donors (Lipinski definition) is 1. The molecule has 1 N–H and O–H groups in total. The molecule has 1 amide bonds. The van der Waals surface area contributed by atoms with Crippen molar-refractivity contribution in [2.75, 3.05) is 20.3 Å². The van der Waals surface area contributed by atoms with Gasteiger partial charge in [0, 0.05) is 11.6 Å². The number of esters is 1. The van der Waals surface area contributed by atoms with Gasteiger partial charge in [-0.25, -0.2) is 4.79 Å². The maximum absolute atomic E-state index is 11.6. The van der Waals surface area contributed by atoms with Crippen LogP contribution in [0.2, 0.25) is 0 Å². The molecule has 0 atom stereocenters. The Hall–Kier alpha value is -2.57. The fourth-order valence-corrected chi connectivity index (χ4v) is 1.69. The first kappa shape index (κ1) is 18.5. The molecule has 0 radical (unpaired) electrons. The van der Waals surface area contributed by atoms with Gasteiger partial charge in [-0.1, -0.05) is 0 Å². The van der Waals surface area contributed by atoms with E-state index in [1.165, 1.54) is 26.2 Å². The highest BCUT2D eigenvalue weighted by atomic mass is 16.6. The van der Waals surface area contributed by atoms with Crippen LogP contribution in [0.3, 0.4) is 0 Å². The van der Waals surface area contributed by atoms with Crippen LogP contribution < -0.4 is 14.8 Å². The second kappa shape index (κ2) is 8.77. The van der Waals surface area contributed by atoms with E-state index in [0.29, 0.717) is 17.1 Å². The van der Waals surface area contributed by atoms with Gasteiger partial charge < -0.3 is 19.5 Å². The minimum Gasteiger partial charge on any atom is -0.493 e. The van der Waals surface area contributed by atoms with Crippen molar-refractivity contribution >= 4 is 17.7 Å². The number of carbonyl (C=O) groups is 3. The van der Waals surface area contributed by atoms with E-state index in [2.05, 4.69) is 5.32 Å². The lowest BCUT2D eigenvalue weighted by atomic mass is 10.1. The number of methoxy groups -OCH3 is 1. The van der Waals surface area contributed by atoms with E-state index in [1.807, 2.05) is 0 Å². The fourth-order valence-electron chi connectivity index (χ4n) is 1.69. The van der Waals surface area contributed by atoms with Crippen molar-refractivity contribution in [3.8, 4) is 11.5 Å². The molecule has 7 heteroatoms. The van der Waals surface area contributed by atoms with E-state index in [1.54, 1.807) is 19.9 Å². The van der Waals surface area contributed by atoms with Crippen LogP contribution in [0.1, 0.15) is 31.1 Å². The van der Waals surface area contributed by atoms with Crippen LogP contribution in [0.15, 0.2) is 18.2 Å². The Balaban J connectivity index is 2.52. The molecule has 0 heterocycles. The lowest BCUT2D eigenvalue weighted by molar-refractivity contribution is -0.150. The first-order valence-electron chi connectivity index (χ1n) is 7.10. The molecule has 126 valence electrons. The second-order valence-corrected chi connectivity index (χ2v) is 5.09. The number of nitrogens with one attached hydrogen (secondary N) is 1. The third-order valence-electron chi connectivity index (χ3n) is 2.73. The first-order chi connectivity index (χ1) is 10.8. The summed E-state index contributed by atoms with van der Waals surface area (Å²) in [4.78, 5) is 34.2. The Morgan fingerprint density at radius 1 is 1.13 bits per heavy atom. The molecule has 7 nitrogen and oxygen atoms in total. The Bertz CT molecular complexity index is 582. The molecule has 0 saturated heterocycles. The van der Waals surface area contributed by atoms with Gasteiger partial charge in [0.15, 0.2) is 30.5 Å². The van der Waals surface area contributed by atoms with Crippen LogP contribution in [0.5, 0.6) is 11.5 Å². The summed E-state index contributed by atoms with van der Waals surface area (Å²) in [5.41, 5.74) is 0.474. The topological polar surface area (TPSA) is 90.9 Å². The Morgan fingerprint density at radius 3 is 2.39 bits per heavy atom. The number of benzene rings is 1. The van der Waals surface area contributed by atoms with Crippen molar-refractivity contribution < 1.29 is 28.6 Å². The van der Waals surface area contributed by atoms with Crippen molar-refractivity contribution in [2.45, 2.75) is 26.8 Å². The third-order valence-corrected chi connectivity index (χ3v) is 2.73. The SMILES string of the molecule is COc1cc(C(C)=O)ccc1OCC(=O)OCC(=O)NC(C)C. The van der Waals surface area contributed by atoms with Gasteiger partial charge in [0.2, 0.25) is 0 Å². The maximum atomic E-state index is 11.6. The number of ether oxygens (including phenoxy) is 3. The average Bonchev–Trinajstić information content (AvgIpc) is 2.49. The Kier molecular flexibility index (Phi) is 7.05. The summed E-state index contributed by atoms with van der Waals surface area (Å²) in [6.45, 7) is 4.32. The molecule has 0 aliphatic carbocycles. The summed E-state index contributed by atoms with van der Waals surface area (Å²) in [5, 5.41) is 2.60. The number of rotatable bonds is 8. The molecule has 0 unspecified atom stereocenters. The average molecular weight is 323 g/mol. The zero-order chi connectivity index (χ0) is 17.4. The standard InChI is InChI=1S/C16H21NO6/c1-10(2)17-15(19)8-23-16(20)9-22-13-6-5-12(11(3)18)7-14(13)21-4/h5-7,10H,8-9H2,1-4H3,(H,17,19). The molecule has 1 aromatic carbocycles. The maximum Gasteiger partial charge on any atom is 0.344 e. The number of hydrogen-bond acceptors (Lipinski definition) is 6. The summed E-state index contributed by atoms with van der Waals surface area (Å²) in [6, 6.07) is 4.61. The monoisotopic (exact) mass is 323 g/mol. The van der Waals surface area contributed by atoms with E-state index in [9.17, 15) is 14.4 Å². The number of carbonyl (C=O) groups excluding carboxylic acids is 3. The van der Waals surface area contributed by atoms with E-state index >= 15 is 0 Å². The normalized spacial score (nSPS) is 10.1. The molecule has 0 aliphatic heterocycles. The van der Waals surface area contributed by atoms with E-state index in [-0.39, 0.29) is 30.9 Å². The van der Waals surface area contributed by atoms with Crippen LogP contribution in [0, 0.1) is 0 Å². The van der Waals surface area contributed by atoms with Gasteiger partial charge in [-0.15, -0.1) is 0 Å². The number of amides is 1. The van der Waals surface area contributed by atoms with Crippen molar-refractivity contribution in [2.24, 2.45) is 0 Å². The number of ketones is 1. The molecule has 0 spiro atoms. The highest BCUT2D eigenvalue weighted by Gasteiger charge is 2.12. The van der Waals surface area contributed by atoms with Gasteiger partial charge in [-0.3, -0.25) is 9.59 Å². The quantitative estimate of drug-likeness (QED) is 0.573. The molecule has 1 aromatic rings. The van der Waals surface area contributed by atoms with Crippen molar-refractivity contribution in [1.82, 2.24) is 5.32 Å². The fraction of sp³-hybridized carbons (Fsp3) is 0.438. The van der Waals surface area contributed by atoms with Crippen LogP contribution in [0.25, 0.3) is 0 Å². The molecule has 0 saturated carbocycles. The smallest absolute Gasteiger partial charge is 0.344 e. The summed E-state index contributed by atoms with van der Waals surface area (Å²) >= 11 is 0. The number of Topliss-reactive ketones (excluding diaryl/α,β-unsaturated/α-hetero) is 1. The third kappa shape index (κ3) is 6.37. The summed E-state index contributed by atoms with van der Waals surface area (Å²) in [7, 11) is 1.43. The lowest BCUT2D eigenvalue weighted by Crippen LogP contribution is -2.34. The highest BCUT2D eigenvalue weighted by molar-refractivity contribution is 5.94. The molecular formula is C16H21NO6. The van der Waals surface area contributed by atoms with Crippen molar-refractivity contribution in [1.29, 1.82) is 0 Å². The Labute approximate surface area is 134 Å². The van der Waals surface area contributed by atoms with Gasteiger partial charge in [-0.2, -0.15) is 0 Å². The van der Waals surface area contributed by atoms with Gasteiger partial charge >= 0.3 is 5.97 Å². The van der Waals surface area contributed by atoms with Gasteiger partial charge in [0.1, 0.15) is 0 Å². The predicted molar refractivity (Wildman–Crippen MR) is 82.7 cm³/mol. The zero-order valence-corrected chi connectivity index (χ0v) is 13.7. The van der Waals surface area contributed by atoms with Crippen LogP contribution in [0.4, 0.5) is 0 Å². The molecule has 1 rings (SSSR count). The van der Waals surface area contributed by atoms with E-state index < -0.39 is 5.97 Å². The first-order valence-corrected chi connectivity index (χ1v) is 7.10. The van der Waals surface area contributed by atoms with Gasteiger partial charge in [0.05, 0.1) is 7.11 Å². The van der Waals surface area contributed by atoms with Gasteiger partial charge in [0.25, 0.3) is 5.91 Å². The molecule has 0 aromatic heterocycles. The molecule has 0 bridgehead atoms. The van der Waals surface area contributed by atoms with Crippen LogP contribution in [-0.4, -0.2) is 44.0 Å². The van der Waals surface area contributed by atoms with Crippen LogP contribution >= 0.6 is 0 Å². The van der Waals surface area contributed by atoms with Crippen molar-refractivity contribution in [3.05, 3.63) is 23.8 Å². The summed E-state index contributed by atoms with van der Waals surface area (Å²) < 4.78 is 15.2. The van der Waals surface area contributed by atoms with Crippen molar-refractivity contribution in [3.63, 3.8) is 0 Å². The molecule has 0 fully saturated rings. The summed E-state index contributed by atoms with van der Waals surface area (Å²) in [6.07, 6.45) is 0. The van der Waals surface area contributed by atoms with Crippen LogP contribution in [-0.2, 0) is 14.3 Å². The molecule has 0 aliphatic rings.